The van der Waals surface area contributed by atoms with Gasteiger partial charge >= 0.3 is 0 Å². The number of hydrogen-bond donors (Lipinski definition) is 2. The standard InChI is InChI=1S/C12H19N7/c1-3-4-5-7-14-11-16-10(13-2)17-12(18-11)19-9-6-8-15-19/h6,8-9H,3-5,7H2,1-2H3,(H2,13,14,16,17,18). The van der Waals surface area contributed by atoms with Crippen molar-refractivity contribution in [2.45, 2.75) is 26.2 Å². The van der Waals surface area contributed by atoms with Crippen molar-refractivity contribution in [3.05, 3.63) is 18.5 Å². The largest absolute Gasteiger partial charge is 0.357 e. The van der Waals surface area contributed by atoms with Crippen LogP contribution in [0.1, 0.15) is 26.2 Å². The highest BCUT2D eigenvalue weighted by atomic mass is 15.4. The van der Waals surface area contributed by atoms with E-state index in [1.807, 2.05) is 6.07 Å². The zero-order chi connectivity index (χ0) is 13.5. The lowest BCUT2D eigenvalue weighted by Gasteiger charge is -2.08. The molecule has 0 amide bonds. The van der Waals surface area contributed by atoms with E-state index in [-0.39, 0.29) is 0 Å². The minimum absolute atomic E-state index is 0.502. The van der Waals surface area contributed by atoms with Crippen LogP contribution in [-0.2, 0) is 0 Å². The van der Waals surface area contributed by atoms with Crippen molar-refractivity contribution < 1.29 is 0 Å². The van der Waals surface area contributed by atoms with Gasteiger partial charge in [-0.15, -0.1) is 0 Å². The highest BCUT2D eigenvalue weighted by molar-refractivity contribution is 5.37. The molecule has 0 bridgehead atoms. The number of aromatic nitrogens is 5. The fraction of sp³-hybridized carbons (Fsp3) is 0.500. The molecule has 7 nitrogen and oxygen atoms in total. The number of unbranched alkanes of at least 4 members (excludes halogenated alkanes) is 2. The molecule has 0 unspecified atom stereocenters. The van der Waals surface area contributed by atoms with Gasteiger partial charge in [-0.05, 0) is 12.5 Å². The normalized spacial score (nSPS) is 10.4. The molecule has 7 heteroatoms. The van der Waals surface area contributed by atoms with Gasteiger partial charge in [0.15, 0.2) is 0 Å². The first-order valence-corrected chi connectivity index (χ1v) is 6.51. The Labute approximate surface area is 112 Å². The summed E-state index contributed by atoms with van der Waals surface area (Å²) in [5.41, 5.74) is 0. The van der Waals surface area contributed by atoms with Crippen LogP contribution in [0.4, 0.5) is 11.9 Å². The molecule has 2 aromatic heterocycles. The minimum atomic E-state index is 0.502. The summed E-state index contributed by atoms with van der Waals surface area (Å²) in [5.74, 6) is 1.60. The van der Waals surface area contributed by atoms with E-state index < -0.39 is 0 Å². The molecular weight excluding hydrogens is 242 g/mol. The van der Waals surface area contributed by atoms with Gasteiger partial charge in [0.05, 0.1) is 0 Å². The Morgan fingerprint density at radius 2 is 2.00 bits per heavy atom. The molecule has 102 valence electrons. The van der Waals surface area contributed by atoms with Gasteiger partial charge in [-0.1, -0.05) is 19.8 Å². The van der Waals surface area contributed by atoms with Crippen LogP contribution in [0.15, 0.2) is 18.5 Å². The van der Waals surface area contributed by atoms with Gasteiger partial charge in [-0.3, -0.25) is 0 Å². The summed E-state index contributed by atoms with van der Waals surface area (Å²) in [6, 6.07) is 1.83. The van der Waals surface area contributed by atoms with Gasteiger partial charge in [0.25, 0.3) is 5.95 Å². The summed E-state index contributed by atoms with van der Waals surface area (Å²) in [7, 11) is 1.78. The zero-order valence-electron chi connectivity index (χ0n) is 11.3. The number of anilines is 2. The molecule has 0 saturated carbocycles. The van der Waals surface area contributed by atoms with Crippen molar-refractivity contribution in [1.29, 1.82) is 0 Å². The van der Waals surface area contributed by atoms with Crippen molar-refractivity contribution in [1.82, 2.24) is 24.7 Å². The molecule has 0 saturated heterocycles. The minimum Gasteiger partial charge on any atom is -0.357 e. The third kappa shape index (κ3) is 3.64. The van der Waals surface area contributed by atoms with Gasteiger partial charge in [-0.25, -0.2) is 4.68 Å². The van der Waals surface area contributed by atoms with Crippen molar-refractivity contribution >= 4 is 11.9 Å². The fourth-order valence-electron chi connectivity index (χ4n) is 1.62. The van der Waals surface area contributed by atoms with Crippen molar-refractivity contribution in [3.8, 4) is 5.95 Å². The molecule has 0 spiro atoms. The van der Waals surface area contributed by atoms with Crippen LogP contribution in [0, 0.1) is 0 Å². The molecule has 0 radical (unpaired) electrons. The number of nitrogens with zero attached hydrogens (tertiary/aromatic N) is 5. The number of hydrogen-bond acceptors (Lipinski definition) is 6. The monoisotopic (exact) mass is 261 g/mol. The summed E-state index contributed by atoms with van der Waals surface area (Å²) < 4.78 is 1.61. The maximum Gasteiger partial charge on any atom is 0.257 e. The summed E-state index contributed by atoms with van der Waals surface area (Å²) in [4.78, 5) is 12.9. The van der Waals surface area contributed by atoms with E-state index in [2.05, 4.69) is 37.6 Å². The number of rotatable bonds is 7. The molecule has 0 aromatic carbocycles. The average molecular weight is 261 g/mol. The maximum atomic E-state index is 4.35. The average Bonchev–Trinajstić information content (AvgIpc) is 2.97. The van der Waals surface area contributed by atoms with Crippen LogP contribution in [0.5, 0.6) is 0 Å². The SMILES string of the molecule is CCCCCNc1nc(NC)nc(-n2cccn2)n1. The Bertz CT molecular complexity index is 495. The summed E-state index contributed by atoms with van der Waals surface area (Å²) in [5, 5.41) is 10.3. The predicted molar refractivity (Wildman–Crippen MR) is 74.5 cm³/mol. The van der Waals surface area contributed by atoms with E-state index >= 15 is 0 Å². The molecule has 0 aliphatic heterocycles. The Morgan fingerprint density at radius 1 is 1.16 bits per heavy atom. The summed E-state index contributed by atoms with van der Waals surface area (Å²) in [6.07, 6.45) is 6.99. The second-order valence-corrected chi connectivity index (χ2v) is 4.12. The quantitative estimate of drug-likeness (QED) is 0.738. The molecule has 2 rings (SSSR count). The Hall–Kier alpha value is -2.18. The Kier molecular flexibility index (Phi) is 4.66. The maximum absolute atomic E-state index is 4.35. The molecule has 19 heavy (non-hydrogen) atoms. The first-order valence-electron chi connectivity index (χ1n) is 6.51. The van der Waals surface area contributed by atoms with Crippen molar-refractivity contribution in [2.75, 3.05) is 24.2 Å². The Balaban J connectivity index is 2.12. The molecule has 2 heterocycles. The fourth-order valence-corrected chi connectivity index (χ4v) is 1.62. The van der Waals surface area contributed by atoms with E-state index in [1.54, 1.807) is 24.1 Å². The Morgan fingerprint density at radius 3 is 2.68 bits per heavy atom. The van der Waals surface area contributed by atoms with Gasteiger partial charge in [0.1, 0.15) is 0 Å². The third-order valence-corrected chi connectivity index (χ3v) is 2.62. The molecule has 0 aliphatic carbocycles. The molecular formula is C12H19N7. The van der Waals surface area contributed by atoms with Crippen LogP contribution in [0.25, 0.3) is 5.95 Å². The van der Waals surface area contributed by atoms with Crippen LogP contribution in [0.3, 0.4) is 0 Å². The highest BCUT2D eigenvalue weighted by Crippen LogP contribution is 2.08. The van der Waals surface area contributed by atoms with Gasteiger partial charge in [0, 0.05) is 26.0 Å². The van der Waals surface area contributed by atoms with Crippen LogP contribution >= 0.6 is 0 Å². The third-order valence-electron chi connectivity index (χ3n) is 2.62. The van der Waals surface area contributed by atoms with E-state index in [1.165, 1.54) is 12.8 Å². The first kappa shape index (κ1) is 13.3. The molecule has 0 atom stereocenters. The predicted octanol–water partition coefficient (Wildman–Crippen LogP) is 1.70. The van der Waals surface area contributed by atoms with Gasteiger partial charge in [0.2, 0.25) is 11.9 Å². The molecule has 0 fully saturated rings. The van der Waals surface area contributed by atoms with Gasteiger partial charge in [-0.2, -0.15) is 20.1 Å². The van der Waals surface area contributed by atoms with E-state index in [0.717, 1.165) is 13.0 Å². The van der Waals surface area contributed by atoms with E-state index in [0.29, 0.717) is 17.8 Å². The smallest absolute Gasteiger partial charge is 0.257 e. The van der Waals surface area contributed by atoms with Crippen LogP contribution < -0.4 is 10.6 Å². The van der Waals surface area contributed by atoms with Crippen molar-refractivity contribution in [3.63, 3.8) is 0 Å². The van der Waals surface area contributed by atoms with Crippen molar-refractivity contribution in [2.24, 2.45) is 0 Å². The van der Waals surface area contributed by atoms with Crippen LogP contribution in [0.2, 0.25) is 0 Å². The second-order valence-electron chi connectivity index (χ2n) is 4.12. The lowest BCUT2D eigenvalue weighted by Crippen LogP contribution is -2.12. The topological polar surface area (TPSA) is 80.5 Å². The van der Waals surface area contributed by atoms with E-state index in [9.17, 15) is 0 Å². The lowest BCUT2D eigenvalue weighted by molar-refractivity contribution is 0.736. The molecule has 2 N–H and O–H groups in total. The summed E-state index contributed by atoms with van der Waals surface area (Å²) >= 11 is 0. The first-order chi connectivity index (χ1) is 9.33. The highest BCUT2D eigenvalue weighted by Gasteiger charge is 2.06. The molecule has 0 aliphatic rings. The summed E-state index contributed by atoms with van der Waals surface area (Å²) in [6.45, 7) is 3.04. The lowest BCUT2D eigenvalue weighted by atomic mass is 10.2. The molecule has 2 aromatic rings. The number of nitrogens with one attached hydrogen (secondary N) is 2. The van der Waals surface area contributed by atoms with Crippen LogP contribution in [-0.4, -0.2) is 38.3 Å². The van der Waals surface area contributed by atoms with E-state index in [4.69, 9.17) is 0 Å². The second kappa shape index (κ2) is 6.67. The van der Waals surface area contributed by atoms with Gasteiger partial charge < -0.3 is 10.6 Å². The zero-order valence-corrected chi connectivity index (χ0v) is 11.3.